The summed E-state index contributed by atoms with van der Waals surface area (Å²) in [5.41, 5.74) is 7.30. The SMILES string of the molecule is CCC(COCC(=O)N[C@@H](C(=O)N1C[C@H](O)C[C@H]1C(=O)NCc1ccc(-c2scnc2C)cc1)C(C)(C)C)N1CCC(c2cc(OC(C)C)c(Nc3ncc(Cl)c(Nc4ccccc4S(=O)(=O)C(C)C)n3)cc2C)CC1. The number of carbonyl (C=O) groups is 3. The fourth-order valence-corrected chi connectivity index (χ4v) is 11.9. The van der Waals surface area contributed by atoms with Gasteiger partial charge in [0.15, 0.2) is 15.7 Å². The molecule has 2 aliphatic rings. The first kappa shape index (κ1) is 58.0. The van der Waals surface area contributed by atoms with Crippen LogP contribution in [0.1, 0.15) is 109 Å². The van der Waals surface area contributed by atoms with Crippen molar-refractivity contribution in [2.45, 2.75) is 148 Å². The third-order valence-electron chi connectivity index (χ3n) is 14.0. The number of ether oxygens (including phenoxy) is 2. The molecule has 17 nitrogen and oxygen atoms in total. The van der Waals surface area contributed by atoms with Crippen LogP contribution in [-0.2, 0) is 35.5 Å². The highest BCUT2D eigenvalue weighted by Gasteiger charge is 2.44. The Morgan fingerprint density at radius 2 is 1.67 bits per heavy atom. The third-order valence-corrected chi connectivity index (χ3v) is 17.5. The van der Waals surface area contributed by atoms with E-state index in [1.807, 2.05) is 77.4 Å². The van der Waals surface area contributed by atoms with Gasteiger partial charge in [-0.3, -0.25) is 19.3 Å². The number of nitrogens with zero attached hydrogens (tertiary/aromatic N) is 5. The molecule has 4 atom stereocenters. The van der Waals surface area contributed by atoms with Crippen LogP contribution in [0.15, 0.2) is 77.3 Å². The molecular formula is C56H74ClN9O8S2. The van der Waals surface area contributed by atoms with Crippen LogP contribution in [0.4, 0.5) is 23.1 Å². The minimum Gasteiger partial charge on any atom is -0.489 e. The minimum atomic E-state index is -3.60. The first-order valence-corrected chi connectivity index (χ1v) is 28.9. The molecule has 2 saturated heterocycles. The van der Waals surface area contributed by atoms with Crippen LogP contribution >= 0.6 is 22.9 Å². The number of hydrogen-bond donors (Lipinski definition) is 5. The zero-order valence-corrected chi connectivity index (χ0v) is 47.7. The Balaban J connectivity index is 0.924. The van der Waals surface area contributed by atoms with Crippen molar-refractivity contribution in [3.05, 3.63) is 99.8 Å². The number of nitrogens with one attached hydrogen (secondary N) is 4. The Labute approximate surface area is 456 Å². The number of hydrogen-bond acceptors (Lipinski definition) is 15. The van der Waals surface area contributed by atoms with Crippen molar-refractivity contribution < 1.29 is 37.4 Å². The Kier molecular flexibility index (Phi) is 19.2. The lowest BCUT2D eigenvalue weighted by molar-refractivity contribution is -0.144. The number of halogens is 1. The zero-order chi connectivity index (χ0) is 55.1. The van der Waals surface area contributed by atoms with Crippen LogP contribution < -0.4 is 26.0 Å². The zero-order valence-electron chi connectivity index (χ0n) is 45.3. The maximum absolute atomic E-state index is 14.2. The lowest BCUT2D eigenvalue weighted by Crippen LogP contribution is -2.58. The summed E-state index contributed by atoms with van der Waals surface area (Å²) in [6.07, 6.45) is 3.16. The van der Waals surface area contributed by atoms with E-state index in [1.165, 1.54) is 16.7 Å². The molecule has 20 heteroatoms. The van der Waals surface area contributed by atoms with E-state index < -0.39 is 50.5 Å². The lowest BCUT2D eigenvalue weighted by atomic mass is 9.85. The highest BCUT2D eigenvalue weighted by atomic mass is 35.5. The molecule has 76 heavy (non-hydrogen) atoms. The van der Waals surface area contributed by atoms with Gasteiger partial charge in [-0.25, -0.2) is 18.4 Å². The molecule has 0 aliphatic carbocycles. The van der Waals surface area contributed by atoms with Gasteiger partial charge < -0.3 is 40.7 Å². The van der Waals surface area contributed by atoms with Gasteiger partial charge in [0.05, 0.1) is 62.6 Å². The van der Waals surface area contributed by atoms with Gasteiger partial charge in [0.1, 0.15) is 29.5 Å². The van der Waals surface area contributed by atoms with Gasteiger partial charge in [-0.2, -0.15) is 4.98 Å². The standard InChI is InChI=1S/C56H74ClN9O8S2/c1-11-40(30-73-31-49(68)63-51(56(8,9)10)54(70)66-29-41(67)25-46(66)53(69)58-27-37-16-18-39(19-17-37)50-36(7)60-32-75-50)65-22-20-38(21-23-65)42-26-47(74-33(2)3)45(24-35(42)6)62-55-59-28-43(57)52(64-55)61-44-14-12-13-15-48(44)76(71,72)34(4)5/h12-19,24,26,28,32-34,38,40-41,46,51,67H,11,20-23,25,27,29-31H2,1-10H3,(H,58,69)(H,63,68)(H2,59,61,62,64)/t40?,41-,46+,51+/m1/s1. The first-order chi connectivity index (χ1) is 36.0. The highest BCUT2D eigenvalue weighted by molar-refractivity contribution is 7.92. The number of para-hydroxylation sites is 1. The number of anilines is 4. The fraction of sp³-hybridized carbons (Fsp3) is 0.500. The van der Waals surface area contributed by atoms with Crippen molar-refractivity contribution >= 4 is 73.6 Å². The topological polar surface area (TPSA) is 217 Å². The van der Waals surface area contributed by atoms with Crippen molar-refractivity contribution in [1.29, 1.82) is 0 Å². The number of sulfone groups is 1. The van der Waals surface area contributed by atoms with E-state index in [9.17, 15) is 27.9 Å². The van der Waals surface area contributed by atoms with Gasteiger partial charge in [0.25, 0.3) is 0 Å². The van der Waals surface area contributed by atoms with Crippen LogP contribution in [0.2, 0.25) is 5.02 Å². The molecule has 2 aliphatic heterocycles. The molecule has 410 valence electrons. The molecular weight excluding hydrogens is 1030 g/mol. The molecule has 5 N–H and O–H groups in total. The van der Waals surface area contributed by atoms with Gasteiger partial charge in [0.2, 0.25) is 23.7 Å². The maximum atomic E-state index is 14.2. The van der Waals surface area contributed by atoms with Crippen LogP contribution in [0.5, 0.6) is 5.75 Å². The van der Waals surface area contributed by atoms with E-state index in [4.69, 9.17) is 21.1 Å². The van der Waals surface area contributed by atoms with Gasteiger partial charge in [-0.15, -0.1) is 11.3 Å². The molecule has 0 spiro atoms. The van der Waals surface area contributed by atoms with Crippen molar-refractivity contribution in [2.75, 3.05) is 43.5 Å². The number of aryl methyl sites for hydroxylation is 2. The molecule has 3 amide bonds. The van der Waals surface area contributed by atoms with E-state index in [2.05, 4.69) is 61.0 Å². The third kappa shape index (κ3) is 14.3. The van der Waals surface area contributed by atoms with Gasteiger partial charge in [0, 0.05) is 25.6 Å². The Hall–Kier alpha value is -5.70. The lowest BCUT2D eigenvalue weighted by Gasteiger charge is -2.38. The molecule has 1 unspecified atom stereocenters. The number of thiazole rings is 1. The summed E-state index contributed by atoms with van der Waals surface area (Å²) in [5.74, 6) is 0.160. The summed E-state index contributed by atoms with van der Waals surface area (Å²) >= 11 is 8.12. The quantitative estimate of drug-likeness (QED) is 0.0463. The van der Waals surface area contributed by atoms with Crippen LogP contribution in [-0.4, -0.2) is 124 Å². The van der Waals surface area contributed by atoms with Crippen molar-refractivity contribution in [2.24, 2.45) is 5.41 Å². The average molecular weight is 1100 g/mol. The van der Waals surface area contributed by atoms with Crippen LogP contribution in [0.25, 0.3) is 10.4 Å². The number of piperidine rings is 1. The molecule has 3 aromatic carbocycles. The monoisotopic (exact) mass is 1100 g/mol. The average Bonchev–Trinajstić information content (AvgIpc) is 4.00. The molecule has 0 saturated carbocycles. The number of carbonyl (C=O) groups excluding carboxylic acids is 3. The highest BCUT2D eigenvalue weighted by Crippen LogP contribution is 2.39. The number of rotatable bonds is 21. The van der Waals surface area contributed by atoms with Gasteiger partial charge in [-0.05, 0) is 132 Å². The minimum absolute atomic E-state index is 0.0177. The van der Waals surface area contributed by atoms with E-state index >= 15 is 0 Å². The molecule has 7 rings (SSSR count). The molecule has 2 fully saturated rings. The largest absolute Gasteiger partial charge is 0.489 e. The molecule has 4 heterocycles. The second-order valence-electron chi connectivity index (χ2n) is 21.4. The number of amides is 3. The number of benzene rings is 3. The maximum Gasteiger partial charge on any atom is 0.246 e. The summed E-state index contributed by atoms with van der Waals surface area (Å²) in [6, 6.07) is 16.9. The number of likely N-dealkylation sites (tertiary alicyclic amines) is 2. The van der Waals surface area contributed by atoms with E-state index in [-0.39, 0.29) is 71.8 Å². The van der Waals surface area contributed by atoms with Crippen LogP contribution in [0, 0.1) is 19.3 Å². The summed E-state index contributed by atoms with van der Waals surface area (Å²) in [7, 11) is -3.60. The summed E-state index contributed by atoms with van der Waals surface area (Å²) < 4.78 is 38.8. The fourth-order valence-electron chi connectivity index (χ4n) is 9.76. The van der Waals surface area contributed by atoms with Crippen molar-refractivity contribution in [1.82, 2.24) is 35.4 Å². The second kappa shape index (κ2) is 25.2. The molecule has 0 bridgehead atoms. The van der Waals surface area contributed by atoms with E-state index in [0.717, 1.165) is 59.6 Å². The normalized spacial score (nSPS) is 17.4. The van der Waals surface area contributed by atoms with Crippen molar-refractivity contribution in [3.63, 3.8) is 0 Å². The van der Waals surface area contributed by atoms with Crippen LogP contribution in [0.3, 0.4) is 0 Å². The summed E-state index contributed by atoms with van der Waals surface area (Å²) in [5, 5.41) is 22.6. The molecule has 0 radical (unpaired) electrons. The summed E-state index contributed by atoms with van der Waals surface area (Å²) in [4.78, 5) is 59.8. The molecule has 2 aromatic heterocycles. The Bertz CT molecular complexity index is 2940. The Morgan fingerprint density at radius 3 is 2.32 bits per heavy atom. The second-order valence-corrected chi connectivity index (χ2v) is 25.2. The number of aliphatic hydroxyl groups excluding tert-OH is 1. The van der Waals surface area contributed by atoms with E-state index in [1.54, 1.807) is 49.4 Å². The first-order valence-electron chi connectivity index (χ1n) is 26.1. The predicted octanol–water partition coefficient (Wildman–Crippen LogP) is 9.11. The predicted molar refractivity (Wildman–Crippen MR) is 299 cm³/mol. The number of aromatic nitrogens is 3. The summed E-state index contributed by atoms with van der Waals surface area (Å²) in [6.45, 7) is 20.9. The smallest absolute Gasteiger partial charge is 0.246 e. The number of β-amino-alcohol motifs (C(OH)–C–C–N with tert-alkyl or cyclic N) is 1. The van der Waals surface area contributed by atoms with Gasteiger partial charge in [-0.1, -0.05) is 75.7 Å². The van der Waals surface area contributed by atoms with Crippen molar-refractivity contribution in [3.8, 4) is 16.2 Å². The number of aliphatic hydroxyl groups is 1. The van der Waals surface area contributed by atoms with Gasteiger partial charge >= 0.3 is 0 Å². The van der Waals surface area contributed by atoms with E-state index in [0.29, 0.717) is 23.7 Å². The molecule has 5 aromatic rings. The Morgan fingerprint density at radius 1 is 0.961 bits per heavy atom.